The number of carbonyl (C=O) groups is 1. The fraction of sp³-hybridized carbons (Fsp3) is 0.220. The fourth-order valence-electron chi connectivity index (χ4n) is 6.08. The quantitative estimate of drug-likeness (QED) is 0.0771. The number of nitrogens with zero attached hydrogens (tertiary/aromatic N) is 1. The van der Waals surface area contributed by atoms with Crippen LogP contribution >= 0.6 is 0 Å². The van der Waals surface area contributed by atoms with Gasteiger partial charge in [-0.2, -0.15) is 13.2 Å². The number of sulfone groups is 1. The summed E-state index contributed by atoms with van der Waals surface area (Å²) in [5.41, 5.74) is 5.79. The number of benzene rings is 5. The van der Waals surface area contributed by atoms with Gasteiger partial charge in [0.05, 0.1) is 22.8 Å². The first-order valence-corrected chi connectivity index (χ1v) is 18.9. The highest BCUT2D eigenvalue weighted by Gasteiger charge is 2.53. The maximum absolute atomic E-state index is 14.5. The van der Waals surface area contributed by atoms with Crippen molar-refractivity contribution >= 4 is 21.6 Å². The van der Waals surface area contributed by atoms with Gasteiger partial charge in [-0.3, -0.25) is 10.2 Å². The second-order valence-corrected chi connectivity index (χ2v) is 14.8. The summed E-state index contributed by atoms with van der Waals surface area (Å²) in [6.07, 6.45) is -5.52. The molecule has 0 aromatic heterocycles. The molecule has 0 spiro atoms. The molecular weight excluding hydrogens is 720 g/mol. The van der Waals surface area contributed by atoms with Crippen LogP contribution in [-0.4, -0.2) is 49.8 Å². The Bertz CT molecular complexity index is 2170. The number of aliphatic hydroxyl groups is 1. The summed E-state index contributed by atoms with van der Waals surface area (Å²) in [6.45, 7) is 0.121. The molecule has 1 heterocycles. The second-order valence-electron chi connectivity index (χ2n) is 12.7. The van der Waals surface area contributed by atoms with E-state index in [0.717, 1.165) is 23.3 Å². The maximum Gasteiger partial charge on any atom is 0.416 e. The van der Waals surface area contributed by atoms with Crippen LogP contribution in [-0.2, 0) is 32.1 Å². The van der Waals surface area contributed by atoms with Crippen LogP contribution in [0.15, 0.2) is 143 Å². The Balaban J connectivity index is 1.37. The minimum absolute atomic E-state index is 0.0185. The lowest BCUT2D eigenvalue weighted by molar-refractivity contribution is -0.137. The van der Waals surface area contributed by atoms with E-state index < -0.39 is 44.9 Å². The molecule has 1 aliphatic heterocycles. The van der Waals surface area contributed by atoms with Gasteiger partial charge in [-0.05, 0) is 64.7 Å². The molecule has 0 unspecified atom stereocenters. The van der Waals surface area contributed by atoms with Crippen LogP contribution in [0.2, 0.25) is 0 Å². The first-order valence-electron chi connectivity index (χ1n) is 17.2. The lowest BCUT2D eigenvalue weighted by Gasteiger charge is -2.30. The molecular formula is C41H38F3N3O6S. The zero-order valence-corrected chi connectivity index (χ0v) is 29.8. The fourth-order valence-corrected chi connectivity index (χ4v) is 7.47. The minimum Gasteiger partial charge on any atom is -0.494 e. The summed E-state index contributed by atoms with van der Waals surface area (Å²) in [5.74, 6) is -0.599. The van der Waals surface area contributed by atoms with E-state index in [0.29, 0.717) is 29.9 Å². The molecule has 0 fully saturated rings. The zero-order valence-electron chi connectivity index (χ0n) is 29.0. The van der Waals surface area contributed by atoms with Crippen molar-refractivity contribution in [2.75, 3.05) is 19.0 Å². The van der Waals surface area contributed by atoms with Gasteiger partial charge in [0.25, 0.3) is 5.91 Å². The van der Waals surface area contributed by atoms with Crippen molar-refractivity contribution in [3.63, 3.8) is 0 Å². The molecule has 2 atom stereocenters. The number of alkyl halides is 3. The van der Waals surface area contributed by atoms with Crippen molar-refractivity contribution in [2.24, 2.45) is 4.99 Å². The van der Waals surface area contributed by atoms with Gasteiger partial charge in [-0.15, -0.1) is 0 Å². The molecule has 54 heavy (non-hydrogen) atoms. The van der Waals surface area contributed by atoms with Crippen LogP contribution in [0.4, 0.5) is 13.2 Å². The van der Waals surface area contributed by atoms with Gasteiger partial charge >= 0.3 is 6.18 Å². The van der Waals surface area contributed by atoms with E-state index in [9.17, 15) is 26.4 Å². The Morgan fingerprint density at radius 2 is 1.48 bits per heavy atom. The average Bonchev–Trinajstić information content (AvgIpc) is 3.59. The molecule has 0 radical (unpaired) electrons. The lowest BCUT2D eigenvalue weighted by Crippen LogP contribution is -2.53. The summed E-state index contributed by atoms with van der Waals surface area (Å²) < 4.78 is 79.6. The maximum atomic E-state index is 14.5. The molecule has 0 saturated carbocycles. The molecule has 3 N–H and O–H groups in total. The van der Waals surface area contributed by atoms with Gasteiger partial charge in [0.15, 0.2) is 21.5 Å². The summed E-state index contributed by atoms with van der Waals surface area (Å²) in [5, 5.41) is 9.10. The van der Waals surface area contributed by atoms with Gasteiger partial charge < -0.3 is 14.6 Å². The summed E-state index contributed by atoms with van der Waals surface area (Å²) in [7, 11) is -3.91. The number of hydrogen-bond acceptors (Lipinski definition) is 8. The van der Waals surface area contributed by atoms with E-state index in [-0.39, 0.29) is 35.9 Å². The Morgan fingerprint density at radius 3 is 2.15 bits per heavy atom. The number of hydrazine groups is 1. The largest absolute Gasteiger partial charge is 0.494 e. The van der Waals surface area contributed by atoms with Crippen LogP contribution in [0, 0.1) is 0 Å². The normalized spacial score (nSPS) is 17.0. The third kappa shape index (κ3) is 8.99. The number of ether oxygens (including phenoxy) is 2. The molecule has 0 bridgehead atoms. The first-order chi connectivity index (χ1) is 26.0. The lowest BCUT2D eigenvalue weighted by atomic mass is 9.84. The monoisotopic (exact) mass is 757 g/mol. The van der Waals surface area contributed by atoms with E-state index >= 15 is 0 Å². The van der Waals surface area contributed by atoms with E-state index in [1.807, 2.05) is 42.5 Å². The minimum atomic E-state index is -4.55. The number of nitrogens with one attached hydrogen (secondary N) is 2. The van der Waals surface area contributed by atoms with E-state index in [2.05, 4.69) is 10.9 Å². The Labute approximate surface area is 311 Å². The van der Waals surface area contributed by atoms with Crippen molar-refractivity contribution in [3.8, 4) is 16.9 Å². The summed E-state index contributed by atoms with van der Waals surface area (Å²) in [4.78, 5) is 19.4. The van der Waals surface area contributed by atoms with E-state index in [1.165, 1.54) is 24.3 Å². The van der Waals surface area contributed by atoms with Crippen molar-refractivity contribution in [2.45, 2.75) is 42.1 Å². The van der Waals surface area contributed by atoms with Crippen molar-refractivity contribution in [3.05, 3.63) is 156 Å². The highest BCUT2D eigenvalue weighted by Crippen LogP contribution is 2.43. The number of aliphatic hydroxyl groups excluding tert-OH is 1. The second kappa shape index (κ2) is 16.7. The molecule has 1 aliphatic rings. The van der Waals surface area contributed by atoms with Gasteiger partial charge in [0.1, 0.15) is 5.75 Å². The molecule has 6 rings (SSSR count). The number of amides is 1. The molecule has 0 saturated heterocycles. The highest BCUT2D eigenvalue weighted by atomic mass is 32.2. The van der Waals surface area contributed by atoms with Gasteiger partial charge in [-0.25, -0.2) is 18.8 Å². The third-order valence-corrected chi connectivity index (χ3v) is 10.7. The van der Waals surface area contributed by atoms with Crippen LogP contribution in [0.3, 0.4) is 0 Å². The zero-order chi connectivity index (χ0) is 38.2. The number of carbonyl (C=O) groups excluding carboxylic acids is 1. The van der Waals surface area contributed by atoms with E-state index in [4.69, 9.17) is 19.6 Å². The molecule has 5 aromatic rings. The van der Waals surface area contributed by atoms with Crippen LogP contribution < -0.4 is 15.6 Å². The van der Waals surface area contributed by atoms with Gasteiger partial charge in [-0.1, -0.05) is 91.0 Å². The molecule has 13 heteroatoms. The Kier molecular flexibility index (Phi) is 11.8. The van der Waals surface area contributed by atoms with Crippen molar-refractivity contribution in [1.29, 1.82) is 0 Å². The predicted octanol–water partition coefficient (Wildman–Crippen LogP) is 7.08. The average molecular weight is 758 g/mol. The Hall–Kier alpha value is -5.50. The number of aliphatic imine (C=N–C) groups is 1. The summed E-state index contributed by atoms with van der Waals surface area (Å²) >= 11 is 0. The Morgan fingerprint density at radius 1 is 0.833 bits per heavy atom. The van der Waals surface area contributed by atoms with Crippen molar-refractivity contribution in [1.82, 2.24) is 10.9 Å². The smallest absolute Gasteiger partial charge is 0.416 e. The standard InChI is InChI=1S/C41H38F3N3O6S/c42-41(43,44)34-12-7-9-29(27-34)28-45-47-39(49)40(23-26-54(50,51)36-13-5-2-6-14-36)37(32-17-15-31(16-18-32)30-10-3-1-4-11-30)53-38(46-40)33-19-21-35(22-20-33)52-25-8-24-48/h1-7,9-22,27,37,45,48H,8,23-26,28H2,(H,47,49)/t37-,40-/m0/s1. The van der Waals surface area contributed by atoms with Gasteiger partial charge in [0, 0.05) is 31.6 Å². The number of halogens is 3. The van der Waals surface area contributed by atoms with E-state index in [1.54, 1.807) is 54.6 Å². The summed E-state index contributed by atoms with van der Waals surface area (Å²) in [6, 6.07) is 36.4. The first kappa shape index (κ1) is 38.2. The molecule has 1 amide bonds. The van der Waals surface area contributed by atoms with Crippen molar-refractivity contribution < 1.29 is 41.0 Å². The molecule has 5 aromatic carbocycles. The molecule has 0 aliphatic carbocycles. The SMILES string of the molecule is O=C(NNCc1cccc(C(F)(F)F)c1)[C@@]1(CCS(=O)(=O)c2ccccc2)N=C(c2ccc(OCCCO)cc2)O[C@H]1c1ccc(-c2ccccc2)cc1. The van der Waals surface area contributed by atoms with Gasteiger partial charge in [0.2, 0.25) is 5.90 Å². The van der Waals surface area contributed by atoms with Crippen LogP contribution in [0.5, 0.6) is 5.75 Å². The highest BCUT2D eigenvalue weighted by molar-refractivity contribution is 7.91. The van der Waals surface area contributed by atoms with Crippen LogP contribution in [0.25, 0.3) is 11.1 Å². The predicted molar refractivity (Wildman–Crippen MR) is 198 cm³/mol. The van der Waals surface area contributed by atoms with Crippen LogP contribution in [0.1, 0.15) is 41.2 Å². The number of rotatable bonds is 15. The molecule has 9 nitrogen and oxygen atoms in total. The molecule has 280 valence electrons. The third-order valence-electron chi connectivity index (χ3n) is 8.95. The topological polar surface area (TPSA) is 126 Å². The number of hydrogen-bond donors (Lipinski definition) is 3.